The van der Waals surface area contributed by atoms with E-state index in [-0.39, 0.29) is 17.6 Å². The van der Waals surface area contributed by atoms with E-state index < -0.39 is 0 Å². The normalized spacial score (nSPS) is 17.4. The largest absolute Gasteiger partial charge is 0.493 e. The Morgan fingerprint density at radius 2 is 2.08 bits per heavy atom. The Balaban J connectivity index is 1.60. The molecule has 0 spiro atoms. The molecule has 1 aromatic heterocycles. The minimum absolute atomic E-state index is 0.0384. The molecule has 1 amide bonds. The zero-order valence-electron chi connectivity index (χ0n) is 14.7. The van der Waals surface area contributed by atoms with E-state index in [1.54, 1.807) is 18.3 Å². The Hall–Kier alpha value is -2.43. The average molecular weight is 342 g/mol. The summed E-state index contributed by atoms with van der Waals surface area (Å²) in [6.07, 6.45) is 3.66. The highest BCUT2D eigenvalue weighted by molar-refractivity contribution is 5.95. The molecule has 0 saturated carbocycles. The van der Waals surface area contributed by atoms with E-state index in [4.69, 9.17) is 4.74 Å². The van der Waals surface area contributed by atoms with Crippen LogP contribution in [0.4, 0.5) is 4.39 Å². The van der Waals surface area contributed by atoms with Crippen LogP contribution in [0.1, 0.15) is 34.5 Å². The van der Waals surface area contributed by atoms with Crippen molar-refractivity contribution in [1.29, 1.82) is 0 Å². The van der Waals surface area contributed by atoms with Gasteiger partial charge in [-0.1, -0.05) is 0 Å². The topological polar surface area (TPSA) is 42.4 Å². The summed E-state index contributed by atoms with van der Waals surface area (Å²) in [5.41, 5.74) is 2.55. The van der Waals surface area contributed by atoms with Crippen LogP contribution in [0.3, 0.4) is 0 Å². The molecular formula is C20H23FN2O2. The summed E-state index contributed by atoms with van der Waals surface area (Å²) >= 11 is 0. The Morgan fingerprint density at radius 3 is 2.80 bits per heavy atom. The van der Waals surface area contributed by atoms with Crippen molar-refractivity contribution in [2.75, 3.05) is 19.7 Å². The number of carbonyl (C=O) groups excluding carboxylic acids is 1. The first-order chi connectivity index (χ1) is 12.0. The lowest BCUT2D eigenvalue weighted by Crippen LogP contribution is -2.41. The van der Waals surface area contributed by atoms with Crippen LogP contribution < -0.4 is 4.74 Å². The summed E-state index contributed by atoms with van der Waals surface area (Å²) in [5, 5.41) is 0. The second-order valence-corrected chi connectivity index (χ2v) is 6.66. The number of piperidine rings is 1. The first kappa shape index (κ1) is 17.4. The highest BCUT2D eigenvalue weighted by Crippen LogP contribution is 2.21. The lowest BCUT2D eigenvalue weighted by Gasteiger charge is -2.33. The molecule has 0 aliphatic carbocycles. The molecule has 3 rings (SSSR count). The number of nitrogens with zero attached hydrogens (tertiary/aromatic N) is 2. The minimum Gasteiger partial charge on any atom is -0.493 e. The predicted molar refractivity (Wildman–Crippen MR) is 94.2 cm³/mol. The fraction of sp³-hybridized carbons (Fsp3) is 0.400. The minimum atomic E-state index is -0.274. The molecule has 0 N–H and O–H groups in total. The smallest absolute Gasteiger partial charge is 0.255 e. The number of rotatable bonds is 4. The maximum Gasteiger partial charge on any atom is 0.255 e. The van der Waals surface area contributed by atoms with E-state index in [1.165, 1.54) is 12.1 Å². The van der Waals surface area contributed by atoms with Crippen molar-refractivity contribution in [2.24, 2.45) is 5.92 Å². The zero-order valence-corrected chi connectivity index (χ0v) is 14.7. The van der Waals surface area contributed by atoms with Gasteiger partial charge in [0.05, 0.1) is 12.2 Å². The van der Waals surface area contributed by atoms with Crippen LogP contribution in [0.25, 0.3) is 0 Å². The van der Waals surface area contributed by atoms with Gasteiger partial charge in [-0.05, 0) is 62.6 Å². The van der Waals surface area contributed by atoms with E-state index in [1.807, 2.05) is 24.8 Å². The second kappa shape index (κ2) is 7.64. The number of hydrogen-bond donors (Lipinski definition) is 0. The number of ether oxygens (including phenoxy) is 1. The number of pyridine rings is 1. The van der Waals surface area contributed by atoms with Crippen LogP contribution >= 0.6 is 0 Å². The number of aromatic nitrogens is 1. The number of benzene rings is 1. The van der Waals surface area contributed by atoms with Gasteiger partial charge in [0, 0.05) is 30.9 Å². The van der Waals surface area contributed by atoms with E-state index in [0.717, 1.165) is 30.6 Å². The summed E-state index contributed by atoms with van der Waals surface area (Å²) < 4.78 is 18.7. The van der Waals surface area contributed by atoms with Crippen LogP contribution in [0.5, 0.6) is 5.75 Å². The Bertz CT molecular complexity index is 746. The third-order valence-corrected chi connectivity index (χ3v) is 4.58. The fourth-order valence-electron chi connectivity index (χ4n) is 3.22. The standard InChI is InChI=1S/C20H23FN2O2/c1-14-10-15(2)22-11-19(14)20(24)23-9-3-4-16(12-23)13-25-18-7-5-17(21)6-8-18/h5-8,10-11,16H,3-4,9,12-13H2,1-2H3/t16-/m0/s1. The first-order valence-corrected chi connectivity index (χ1v) is 8.64. The van der Waals surface area contributed by atoms with Crippen molar-refractivity contribution < 1.29 is 13.9 Å². The summed E-state index contributed by atoms with van der Waals surface area (Å²) in [6, 6.07) is 7.97. The molecule has 1 aromatic carbocycles. The third kappa shape index (κ3) is 4.35. The number of hydrogen-bond acceptors (Lipinski definition) is 3. The van der Waals surface area contributed by atoms with Gasteiger partial charge in [0.2, 0.25) is 0 Å². The van der Waals surface area contributed by atoms with Crippen molar-refractivity contribution in [1.82, 2.24) is 9.88 Å². The Labute approximate surface area is 147 Å². The molecule has 132 valence electrons. The molecule has 5 heteroatoms. The Morgan fingerprint density at radius 1 is 1.32 bits per heavy atom. The zero-order chi connectivity index (χ0) is 17.8. The fourth-order valence-corrected chi connectivity index (χ4v) is 3.22. The van der Waals surface area contributed by atoms with Crippen molar-refractivity contribution in [3.8, 4) is 5.75 Å². The van der Waals surface area contributed by atoms with Crippen molar-refractivity contribution in [3.05, 3.63) is 59.2 Å². The Kier molecular flexibility index (Phi) is 5.31. The van der Waals surface area contributed by atoms with Crippen molar-refractivity contribution >= 4 is 5.91 Å². The van der Waals surface area contributed by atoms with E-state index >= 15 is 0 Å². The SMILES string of the molecule is Cc1cc(C)c(C(=O)N2CCC[C@H](COc3ccc(F)cc3)C2)cn1. The van der Waals surface area contributed by atoms with E-state index in [0.29, 0.717) is 24.5 Å². The summed E-state index contributed by atoms with van der Waals surface area (Å²) in [6.45, 7) is 5.83. The van der Waals surface area contributed by atoms with Gasteiger partial charge in [-0.15, -0.1) is 0 Å². The van der Waals surface area contributed by atoms with Gasteiger partial charge in [-0.2, -0.15) is 0 Å². The van der Waals surface area contributed by atoms with Crippen LogP contribution in [-0.4, -0.2) is 35.5 Å². The molecular weight excluding hydrogens is 319 g/mol. The highest BCUT2D eigenvalue weighted by atomic mass is 19.1. The van der Waals surface area contributed by atoms with Gasteiger partial charge in [0.15, 0.2) is 0 Å². The molecule has 0 bridgehead atoms. The van der Waals surface area contributed by atoms with Gasteiger partial charge in [-0.3, -0.25) is 9.78 Å². The summed E-state index contributed by atoms with van der Waals surface area (Å²) in [7, 11) is 0. The van der Waals surface area contributed by atoms with Crippen molar-refractivity contribution in [3.63, 3.8) is 0 Å². The third-order valence-electron chi connectivity index (χ3n) is 4.58. The van der Waals surface area contributed by atoms with Gasteiger partial charge in [-0.25, -0.2) is 4.39 Å². The van der Waals surface area contributed by atoms with E-state index in [2.05, 4.69) is 4.98 Å². The lowest BCUT2D eigenvalue weighted by atomic mass is 9.98. The number of carbonyl (C=O) groups is 1. The van der Waals surface area contributed by atoms with Crippen LogP contribution in [0.15, 0.2) is 36.5 Å². The van der Waals surface area contributed by atoms with Gasteiger partial charge >= 0.3 is 0 Å². The van der Waals surface area contributed by atoms with Crippen LogP contribution in [0, 0.1) is 25.6 Å². The maximum absolute atomic E-state index is 12.9. The van der Waals surface area contributed by atoms with Gasteiger partial charge in [0.1, 0.15) is 11.6 Å². The molecule has 0 unspecified atom stereocenters. The average Bonchev–Trinajstić information content (AvgIpc) is 2.61. The quantitative estimate of drug-likeness (QED) is 0.849. The number of halogens is 1. The van der Waals surface area contributed by atoms with Crippen LogP contribution in [0.2, 0.25) is 0 Å². The molecule has 1 atom stereocenters. The lowest BCUT2D eigenvalue weighted by molar-refractivity contribution is 0.0632. The first-order valence-electron chi connectivity index (χ1n) is 8.64. The maximum atomic E-state index is 12.9. The van der Waals surface area contributed by atoms with Crippen molar-refractivity contribution in [2.45, 2.75) is 26.7 Å². The number of aryl methyl sites for hydroxylation is 2. The molecule has 1 aliphatic rings. The number of likely N-dealkylation sites (tertiary alicyclic amines) is 1. The molecule has 0 radical (unpaired) electrons. The molecule has 1 saturated heterocycles. The molecule has 25 heavy (non-hydrogen) atoms. The number of amides is 1. The predicted octanol–water partition coefficient (Wildman–Crippen LogP) is 3.77. The summed E-state index contributed by atoms with van der Waals surface area (Å²) in [4.78, 5) is 18.9. The monoisotopic (exact) mass is 342 g/mol. The molecule has 1 aliphatic heterocycles. The highest BCUT2D eigenvalue weighted by Gasteiger charge is 2.26. The second-order valence-electron chi connectivity index (χ2n) is 6.66. The molecule has 1 fully saturated rings. The summed E-state index contributed by atoms with van der Waals surface area (Å²) in [5.74, 6) is 0.699. The molecule has 2 heterocycles. The van der Waals surface area contributed by atoms with Gasteiger partial charge in [0.25, 0.3) is 5.91 Å². The van der Waals surface area contributed by atoms with E-state index in [9.17, 15) is 9.18 Å². The van der Waals surface area contributed by atoms with Gasteiger partial charge < -0.3 is 9.64 Å². The van der Waals surface area contributed by atoms with Crippen LogP contribution in [-0.2, 0) is 0 Å². The molecule has 2 aromatic rings. The molecule has 4 nitrogen and oxygen atoms in total.